The molecule has 1 aromatic heterocycles. The standard InChI is InChI=1S/C17H23N3O3S2/c1-23-16-5-3-13(4-6-16)17-18-15(12-24-17)11-20-9-7-14(8-10-20)19-25(2,21)22/h3-6,12,14,19H,7-11H2,1-2H3. The van der Waals surface area contributed by atoms with Gasteiger partial charge in [0.05, 0.1) is 19.1 Å². The molecule has 0 unspecified atom stereocenters. The van der Waals surface area contributed by atoms with Crippen LogP contribution in [0.5, 0.6) is 5.75 Å². The van der Waals surface area contributed by atoms with Crippen molar-refractivity contribution in [3.05, 3.63) is 35.3 Å². The average molecular weight is 382 g/mol. The number of aromatic nitrogens is 1. The van der Waals surface area contributed by atoms with Gasteiger partial charge in [-0.2, -0.15) is 0 Å². The highest BCUT2D eigenvalue weighted by Crippen LogP contribution is 2.26. The van der Waals surface area contributed by atoms with Crippen molar-refractivity contribution < 1.29 is 13.2 Å². The van der Waals surface area contributed by atoms with Crippen LogP contribution in [-0.4, -0.2) is 50.8 Å². The molecule has 3 rings (SSSR count). The van der Waals surface area contributed by atoms with E-state index in [1.54, 1.807) is 18.4 Å². The van der Waals surface area contributed by atoms with Gasteiger partial charge in [-0.15, -0.1) is 11.3 Å². The topological polar surface area (TPSA) is 71.5 Å². The van der Waals surface area contributed by atoms with E-state index in [4.69, 9.17) is 9.72 Å². The maximum Gasteiger partial charge on any atom is 0.208 e. The monoisotopic (exact) mass is 381 g/mol. The molecule has 0 bridgehead atoms. The molecule has 2 aromatic rings. The van der Waals surface area contributed by atoms with E-state index in [0.717, 1.165) is 54.5 Å². The van der Waals surface area contributed by atoms with Crippen LogP contribution >= 0.6 is 11.3 Å². The maximum absolute atomic E-state index is 11.3. The van der Waals surface area contributed by atoms with Crippen molar-refractivity contribution in [2.24, 2.45) is 0 Å². The van der Waals surface area contributed by atoms with Crippen LogP contribution in [0.3, 0.4) is 0 Å². The van der Waals surface area contributed by atoms with Gasteiger partial charge in [-0.3, -0.25) is 4.90 Å². The molecule has 1 N–H and O–H groups in total. The molecule has 1 saturated heterocycles. The van der Waals surface area contributed by atoms with Crippen LogP contribution in [-0.2, 0) is 16.6 Å². The Labute approximate surface area is 152 Å². The zero-order chi connectivity index (χ0) is 17.9. The summed E-state index contributed by atoms with van der Waals surface area (Å²) < 4.78 is 30.5. The molecular weight excluding hydrogens is 358 g/mol. The number of nitrogens with one attached hydrogen (secondary N) is 1. The first-order valence-corrected chi connectivity index (χ1v) is 11.0. The van der Waals surface area contributed by atoms with Crippen LogP contribution < -0.4 is 9.46 Å². The van der Waals surface area contributed by atoms with Crippen molar-refractivity contribution >= 4 is 21.4 Å². The summed E-state index contributed by atoms with van der Waals surface area (Å²) in [6.07, 6.45) is 2.89. The van der Waals surface area contributed by atoms with E-state index < -0.39 is 10.0 Å². The molecule has 0 spiro atoms. The number of piperidine rings is 1. The highest BCUT2D eigenvalue weighted by Gasteiger charge is 2.22. The minimum atomic E-state index is -3.12. The zero-order valence-electron chi connectivity index (χ0n) is 14.4. The number of sulfonamides is 1. The minimum Gasteiger partial charge on any atom is -0.497 e. The lowest BCUT2D eigenvalue weighted by Crippen LogP contribution is -2.43. The van der Waals surface area contributed by atoms with E-state index in [1.165, 1.54) is 6.26 Å². The van der Waals surface area contributed by atoms with E-state index >= 15 is 0 Å². The Morgan fingerprint density at radius 1 is 1.28 bits per heavy atom. The molecule has 0 aliphatic carbocycles. The van der Waals surface area contributed by atoms with Gasteiger partial charge in [-0.1, -0.05) is 0 Å². The fraction of sp³-hybridized carbons (Fsp3) is 0.471. The molecule has 1 fully saturated rings. The number of ether oxygens (including phenoxy) is 1. The summed E-state index contributed by atoms with van der Waals surface area (Å²) in [5.74, 6) is 0.839. The molecule has 6 nitrogen and oxygen atoms in total. The van der Waals surface area contributed by atoms with Crippen LogP contribution in [0.25, 0.3) is 10.6 Å². The van der Waals surface area contributed by atoms with E-state index in [-0.39, 0.29) is 6.04 Å². The predicted octanol–water partition coefficient (Wildman–Crippen LogP) is 2.33. The molecule has 0 saturated carbocycles. The van der Waals surface area contributed by atoms with E-state index in [1.807, 2.05) is 24.3 Å². The van der Waals surface area contributed by atoms with Crippen LogP contribution in [0.15, 0.2) is 29.6 Å². The molecule has 0 amide bonds. The van der Waals surface area contributed by atoms with Gasteiger partial charge in [-0.05, 0) is 37.1 Å². The Balaban J connectivity index is 1.55. The molecule has 2 heterocycles. The van der Waals surface area contributed by atoms with Gasteiger partial charge in [0, 0.05) is 36.6 Å². The highest BCUT2D eigenvalue weighted by molar-refractivity contribution is 7.88. The van der Waals surface area contributed by atoms with Crippen molar-refractivity contribution in [3.63, 3.8) is 0 Å². The summed E-state index contributed by atoms with van der Waals surface area (Å²) in [6.45, 7) is 2.56. The summed E-state index contributed by atoms with van der Waals surface area (Å²) in [7, 11) is -1.46. The van der Waals surface area contributed by atoms with Crippen molar-refractivity contribution in [2.45, 2.75) is 25.4 Å². The Kier molecular flexibility index (Phi) is 5.73. The fourth-order valence-corrected chi connectivity index (χ4v) is 4.64. The third-order valence-corrected chi connectivity index (χ3v) is 5.94. The number of nitrogens with zero attached hydrogens (tertiary/aromatic N) is 2. The van der Waals surface area contributed by atoms with Crippen molar-refractivity contribution in [3.8, 4) is 16.3 Å². The van der Waals surface area contributed by atoms with Crippen molar-refractivity contribution in [1.82, 2.24) is 14.6 Å². The number of benzene rings is 1. The Hall–Kier alpha value is -1.48. The third kappa shape index (κ3) is 5.24. The van der Waals surface area contributed by atoms with Gasteiger partial charge in [0.25, 0.3) is 0 Å². The van der Waals surface area contributed by atoms with Crippen LogP contribution in [0, 0.1) is 0 Å². The fourth-order valence-electron chi connectivity index (χ4n) is 2.99. The van der Waals surface area contributed by atoms with Gasteiger partial charge in [0.15, 0.2) is 0 Å². The third-order valence-electron chi connectivity index (χ3n) is 4.24. The first kappa shape index (κ1) is 18.3. The van der Waals surface area contributed by atoms with Crippen LogP contribution in [0.1, 0.15) is 18.5 Å². The lowest BCUT2D eigenvalue weighted by molar-refractivity contribution is 0.198. The molecule has 1 aliphatic heterocycles. The SMILES string of the molecule is COc1ccc(-c2nc(CN3CCC(NS(C)(=O)=O)CC3)cs2)cc1. The number of hydrogen-bond donors (Lipinski definition) is 1. The quantitative estimate of drug-likeness (QED) is 0.832. The summed E-state index contributed by atoms with van der Waals surface area (Å²) in [5.41, 5.74) is 2.15. The zero-order valence-corrected chi connectivity index (χ0v) is 16.1. The van der Waals surface area contributed by atoms with Gasteiger partial charge < -0.3 is 4.74 Å². The molecule has 0 radical (unpaired) electrons. The van der Waals surface area contributed by atoms with Gasteiger partial charge in [0.1, 0.15) is 10.8 Å². The Bertz CT molecular complexity index is 795. The molecule has 25 heavy (non-hydrogen) atoms. The second-order valence-corrected chi connectivity index (χ2v) is 8.95. The number of thiazole rings is 1. The summed E-state index contributed by atoms with van der Waals surface area (Å²) in [6, 6.07) is 7.97. The molecule has 0 atom stereocenters. The van der Waals surface area contributed by atoms with Crippen LogP contribution in [0.4, 0.5) is 0 Å². The minimum absolute atomic E-state index is 0.0524. The molecule has 1 aromatic carbocycles. The number of likely N-dealkylation sites (tertiary alicyclic amines) is 1. The van der Waals surface area contributed by atoms with Crippen molar-refractivity contribution in [2.75, 3.05) is 26.5 Å². The Morgan fingerprint density at radius 2 is 1.96 bits per heavy atom. The second kappa shape index (κ2) is 7.82. The van der Waals surface area contributed by atoms with Crippen molar-refractivity contribution in [1.29, 1.82) is 0 Å². The van der Waals surface area contributed by atoms with E-state index in [9.17, 15) is 8.42 Å². The summed E-state index contributed by atoms with van der Waals surface area (Å²) >= 11 is 1.64. The first-order valence-electron chi connectivity index (χ1n) is 8.21. The predicted molar refractivity (Wildman–Crippen MR) is 100 cm³/mol. The highest BCUT2D eigenvalue weighted by atomic mass is 32.2. The molecular formula is C17H23N3O3S2. The number of rotatable bonds is 6. The molecule has 8 heteroatoms. The Morgan fingerprint density at radius 3 is 2.56 bits per heavy atom. The van der Waals surface area contributed by atoms with Gasteiger partial charge >= 0.3 is 0 Å². The maximum atomic E-state index is 11.3. The average Bonchev–Trinajstić information content (AvgIpc) is 3.04. The number of methoxy groups -OCH3 is 1. The lowest BCUT2D eigenvalue weighted by atomic mass is 10.1. The normalized spacial score (nSPS) is 16.9. The lowest BCUT2D eigenvalue weighted by Gasteiger charge is -2.31. The molecule has 1 aliphatic rings. The van der Waals surface area contributed by atoms with E-state index in [2.05, 4.69) is 15.0 Å². The summed E-state index contributed by atoms with van der Waals surface area (Å²) in [5, 5.41) is 3.10. The first-order chi connectivity index (χ1) is 11.9. The second-order valence-electron chi connectivity index (χ2n) is 6.31. The smallest absolute Gasteiger partial charge is 0.208 e. The van der Waals surface area contributed by atoms with E-state index in [0.29, 0.717) is 0 Å². The summed E-state index contributed by atoms with van der Waals surface area (Å²) in [4.78, 5) is 7.06. The largest absolute Gasteiger partial charge is 0.497 e. The number of hydrogen-bond acceptors (Lipinski definition) is 6. The van der Waals surface area contributed by atoms with Gasteiger partial charge in [0.2, 0.25) is 10.0 Å². The molecule has 136 valence electrons. The van der Waals surface area contributed by atoms with Crippen LogP contribution in [0.2, 0.25) is 0 Å². The van der Waals surface area contributed by atoms with Gasteiger partial charge in [-0.25, -0.2) is 18.1 Å².